The van der Waals surface area contributed by atoms with Gasteiger partial charge in [-0.25, -0.2) is 8.42 Å². The van der Waals surface area contributed by atoms with Gasteiger partial charge in [-0.05, 0) is 54.3 Å². The predicted octanol–water partition coefficient (Wildman–Crippen LogP) is 2.99. The maximum absolute atomic E-state index is 12.0. The van der Waals surface area contributed by atoms with Crippen molar-refractivity contribution >= 4 is 33.3 Å². The molecule has 160 valence electrons. The first-order valence-electron chi connectivity index (χ1n) is 10.2. The summed E-state index contributed by atoms with van der Waals surface area (Å²) in [5.41, 5.74) is 11.4. The summed E-state index contributed by atoms with van der Waals surface area (Å²) in [5, 5.41) is 0.697. The molecule has 1 unspecified atom stereocenters. The van der Waals surface area contributed by atoms with Crippen LogP contribution >= 0.6 is 11.6 Å². The minimum atomic E-state index is -3.18. The van der Waals surface area contributed by atoms with E-state index in [4.69, 9.17) is 22.3 Å². The molecule has 2 N–H and O–H groups in total. The van der Waals surface area contributed by atoms with Gasteiger partial charge in [-0.15, -0.1) is 0 Å². The third kappa shape index (κ3) is 4.31. The maximum atomic E-state index is 12.0. The first kappa shape index (κ1) is 21.5. The Balaban J connectivity index is 1.79. The summed E-state index contributed by atoms with van der Waals surface area (Å²) >= 11 is 6.34. The van der Waals surface area contributed by atoms with E-state index in [1.807, 2.05) is 24.4 Å². The molecule has 1 aromatic carbocycles. The molecule has 1 fully saturated rings. The molecule has 1 aromatic heterocycles. The number of hydrogen-bond acceptors (Lipinski definition) is 5. The van der Waals surface area contributed by atoms with E-state index in [1.165, 1.54) is 11.8 Å². The van der Waals surface area contributed by atoms with Crippen molar-refractivity contribution in [2.24, 2.45) is 5.73 Å². The Kier molecular flexibility index (Phi) is 6.27. The molecule has 0 bridgehead atoms. The smallest absolute Gasteiger partial charge is 0.211 e. The number of allylic oxidation sites excluding steroid dienone is 1. The van der Waals surface area contributed by atoms with Crippen LogP contribution in [0.15, 0.2) is 36.5 Å². The van der Waals surface area contributed by atoms with Crippen LogP contribution in [0.4, 0.5) is 0 Å². The summed E-state index contributed by atoms with van der Waals surface area (Å²) in [6.07, 6.45) is 7.09. The molecule has 1 aliphatic heterocycles. The molecule has 0 amide bonds. The lowest BCUT2D eigenvalue weighted by Crippen LogP contribution is -2.49. The number of sulfonamides is 1. The minimum Gasteiger partial charge on any atom is -0.330 e. The number of rotatable bonds is 5. The van der Waals surface area contributed by atoms with E-state index in [-0.39, 0.29) is 6.04 Å². The molecule has 30 heavy (non-hydrogen) atoms. The van der Waals surface area contributed by atoms with Crippen molar-refractivity contribution in [1.29, 1.82) is 0 Å². The number of nitrogens with zero attached hydrogens (tertiary/aromatic N) is 3. The molecule has 2 heterocycles. The zero-order valence-electron chi connectivity index (χ0n) is 17.1. The van der Waals surface area contributed by atoms with E-state index in [0.717, 1.165) is 35.2 Å². The number of pyridine rings is 1. The van der Waals surface area contributed by atoms with Gasteiger partial charge in [0.15, 0.2) is 0 Å². The summed E-state index contributed by atoms with van der Waals surface area (Å²) in [6.45, 7) is 2.88. The van der Waals surface area contributed by atoms with Gasteiger partial charge in [0, 0.05) is 43.0 Å². The highest BCUT2D eigenvalue weighted by Gasteiger charge is 2.34. The Morgan fingerprint density at radius 1 is 1.20 bits per heavy atom. The monoisotopic (exact) mass is 446 g/mol. The Morgan fingerprint density at radius 3 is 2.67 bits per heavy atom. The Morgan fingerprint density at radius 2 is 1.97 bits per heavy atom. The van der Waals surface area contributed by atoms with Crippen molar-refractivity contribution < 1.29 is 8.42 Å². The predicted molar refractivity (Wildman–Crippen MR) is 122 cm³/mol. The van der Waals surface area contributed by atoms with Crippen molar-refractivity contribution in [2.75, 3.05) is 39.0 Å². The van der Waals surface area contributed by atoms with Crippen molar-refractivity contribution in [3.8, 4) is 0 Å². The molecule has 4 rings (SSSR count). The van der Waals surface area contributed by atoms with E-state index in [0.29, 0.717) is 37.7 Å². The molecular formula is C22H27ClN4O2S. The zero-order chi connectivity index (χ0) is 21.3. The van der Waals surface area contributed by atoms with Crippen LogP contribution < -0.4 is 5.73 Å². The number of aromatic nitrogens is 1. The molecule has 2 aliphatic rings. The number of benzene rings is 1. The van der Waals surface area contributed by atoms with Gasteiger partial charge in [0.25, 0.3) is 0 Å². The van der Waals surface area contributed by atoms with Crippen molar-refractivity contribution in [1.82, 2.24) is 14.2 Å². The maximum Gasteiger partial charge on any atom is 0.211 e. The van der Waals surface area contributed by atoms with Crippen LogP contribution in [-0.2, 0) is 10.0 Å². The number of halogens is 1. The lowest BCUT2D eigenvalue weighted by atomic mass is 9.95. The standard InChI is InChI=1S/C22H27ClN4O2S/c1-30(28,29)27-12-10-26(11-13-27)22-20-7-6-18(23)15-17(20)14-16(4-2-8-24)19-5-3-9-25-21(19)22/h3,5-7,9,14-15,22H,2,4,8,10-13,24H2,1H3. The SMILES string of the molecule is CS(=O)(=O)N1CCN(C2c3ccc(Cl)cc3C=C(CCCN)c3cccnc32)CC1. The van der Waals surface area contributed by atoms with Crippen LogP contribution in [0.2, 0.25) is 5.02 Å². The number of nitrogens with two attached hydrogens (primary N) is 1. The van der Waals surface area contributed by atoms with E-state index < -0.39 is 10.0 Å². The van der Waals surface area contributed by atoms with Gasteiger partial charge >= 0.3 is 0 Å². The second kappa shape index (κ2) is 8.77. The van der Waals surface area contributed by atoms with Gasteiger partial charge in [-0.2, -0.15) is 4.31 Å². The molecule has 6 nitrogen and oxygen atoms in total. The van der Waals surface area contributed by atoms with E-state index >= 15 is 0 Å². The number of hydrogen-bond donors (Lipinski definition) is 1. The van der Waals surface area contributed by atoms with Gasteiger partial charge in [-0.1, -0.05) is 29.8 Å². The summed E-state index contributed by atoms with van der Waals surface area (Å²) in [4.78, 5) is 7.14. The lowest BCUT2D eigenvalue weighted by Gasteiger charge is -2.39. The summed E-state index contributed by atoms with van der Waals surface area (Å²) < 4.78 is 25.5. The molecule has 2 aromatic rings. The molecule has 0 radical (unpaired) electrons. The molecule has 1 atom stereocenters. The highest BCUT2D eigenvalue weighted by molar-refractivity contribution is 7.88. The number of fused-ring (bicyclic) bond motifs is 2. The molecular weight excluding hydrogens is 420 g/mol. The topological polar surface area (TPSA) is 79.5 Å². The zero-order valence-corrected chi connectivity index (χ0v) is 18.7. The largest absolute Gasteiger partial charge is 0.330 e. The van der Waals surface area contributed by atoms with Crippen LogP contribution in [0.5, 0.6) is 0 Å². The molecule has 1 saturated heterocycles. The summed E-state index contributed by atoms with van der Waals surface area (Å²) in [6, 6.07) is 10.0. The van der Waals surface area contributed by atoms with Gasteiger partial charge < -0.3 is 5.73 Å². The molecule has 1 aliphatic carbocycles. The van der Waals surface area contributed by atoms with Gasteiger partial charge in [0.1, 0.15) is 0 Å². The third-order valence-electron chi connectivity index (χ3n) is 5.87. The second-order valence-electron chi connectivity index (χ2n) is 7.87. The van der Waals surface area contributed by atoms with Crippen LogP contribution in [0.1, 0.15) is 41.3 Å². The fourth-order valence-electron chi connectivity index (χ4n) is 4.40. The van der Waals surface area contributed by atoms with Gasteiger partial charge in [0.2, 0.25) is 10.0 Å². The third-order valence-corrected chi connectivity index (χ3v) is 7.41. The number of piperazine rings is 1. The summed E-state index contributed by atoms with van der Waals surface area (Å²) in [7, 11) is -3.18. The first-order chi connectivity index (χ1) is 14.4. The van der Waals surface area contributed by atoms with E-state index in [9.17, 15) is 8.42 Å². The van der Waals surface area contributed by atoms with E-state index in [2.05, 4.69) is 23.1 Å². The summed E-state index contributed by atoms with van der Waals surface area (Å²) in [5.74, 6) is 0. The first-order valence-corrected chi connectivity index (χ1v) is 12.5. The average molecular weight is 447 g/mol. The Labute approximate surface area is 183 Å². The molecule has 0 saturated carbocycles. The fraction of sp³-hybridized carbons (Fsp3) is 0.409. The van der Waals surface area contributed by atoms with Gasteiger partial charge in [-0.3, -0.25) is 9.88 Å². The van der Waals surface area contributed by atoms with Crippen molar-refractivity contribution in [3.63, 3.8) is 0 Å². The second-order valence-corrected chi connectivity index (χ2v) is 10.3. The lowest BCUT2D eigenvalue weighted by molar-refractivity contribution is 0.154. The Hall–Kier alpha value is -1.77. The van der Waals surface area contributed by atoms with Crippen molar-refractivity contribution in [3.05, 3.63) is 63.9 Å². The quantitative estimate of drug-likeness (QED) is 0.763. The van der Waals surface area contributed by atoms with E-state index in [1.54, 1.807) is 4.31 Å². The molecule has 0 spiro atoms. The van der Waals surface area contributed by atoms with Crippen LogP contribution in [0.3, 0.4) is 0 Å². The van der Waals surface area contributed by atoms with Crippen LogP contribution in [0.25, 0.3) is 11.6 Å². The Bertz CT molecular complexity index is 1060. The fourth-order valence-corrected chi connectivity index (χ4v) is 5.41. The van der Waals surface area contributed by atoms with Gasteiger partial charge in [0.05, 0.1) is 18.0 Å². The van der Waals surface area contributed by atoms with Crippen molar-refractivity contribution in [2.45, 2.75) is 18.9 Å². The molecule has 8 heteroatoms. The normalized spacial score (nSPS) is 20.2. The highest BCUT2D eigenvalue weighted by atomic mass is 35.5. The minimum absolute atomic E-state index is 0.0539. The highest BCUT2D eigenvalue weighted by Crippen LogP contribution is 2.41. The van der Waals surface area contributed by atoms with Crippen LogP contribution in [-0.4, -0.2) is 61.6 Å². The average Bonchev–Trinajstić information content (AvgIpc) is 2.86. The van der Waals surface area contributed by atoms with Crippen LogP contribution in [0, 0.1) is 0 Å².